The Labute approximate surface area is 247 Å². The summed E-state index contributed by atoms with van der Waals surface area (Å²) in [5.74, 6) is -0.788. The second-order valence-electron chi connectivity index (χ2n) is 10.2. The lowest BCUT2D eigenvalue weighted by atomic mass is 9.92. The number of carbonyl (C=O) groups excluding carboxylic acids is 2. The van der Waals surface area contributed by atoms with E-state index in [2.05, 4.69) is 15.6 Å². The lowest BCUT2D eigenvalue weighted by Crippen LogP contribution is -2.40. The van der Waals surface area contributed by atoms with Gasteiger partial charge in [0.25, 0.3) is 5.91 Å². The molecule has 0 radical (unpaired) electrons. The zero-order chi connectivity index (χ0) is 30.2. The standard InChI is InChI=1S/C33H30FN3O6/c34-28-7-3-1-5-26(28)32(39)36-22-10-12-23(13-11-22)42-24-14-16-25(17-15-24)43-31-18-9-21(20-35-31)19-30(38)37-29-8-4-2-6-27(29)33(40)41/h1-9,14-18,20,22-23H,10-13,19H2,(H,36,39)(H,37,38)(H,40,41). The molecule has 3 N–H and O–H groups in total. The van der Waals surface area contributed by atoms with Crippen molar-refractivity contribution in [2.45, 2.75) is 44.2 Å². The van der Waals surface area contributed by atoms with E-state index in [-0.39, 0.29) is 41.3 Å². The smallest absolute Gasteiger partial charge is 0.337 e. The van der Waals surface area contributed by atoms with Gasteiger partial charge in [0.15, 0.2) is 0 Å². The third kappa shape index (κ3) is 7.94. The van der Waals surface area contributed by atoms with E-state index >= 15 is 0 Å². The number of para-hydroxylation sites is 1. The largest absolute Gasteiger partial charge is 0.490 e. The average molecular weight is 584 g/mol. The fourth-order valence-corrected chi connectivity index (χ4v) is 4.87. The minimum absolute atomic E-state index is 0.0115. The number of nitrogens with one attached hydrogen (secondary N) is 2. The maximum atomic E-state index is 13.9. The van der Waals surface area contributed by atoms with E-state index in [1.807, 2.05) is 12.1 Å². The molecule has 1 heterocycles. The minimum Gasteiger partial charge on any atom is -0.490 e. The molecule has 43 heavy (non-hydrogen) atoms. The van der Waals surface area contributed by atoms with Crippen molar-refractivity contribution in [1.29, 1.82) is 0 Å². The predicted molar refractivity (Wildman–Crippen MR) is 157 cm³/mol. The van der Waals surface area contributed by atoms with Crippen molar-refractivity contribution >= 4 is 23.5 Å². The van der Waals surface area contributed by atoms with Crippen LogP contribution in [0.25, 0.3) is 0 Å². The predicted octanol–water partition coefficient (Wildman–Crippen LogP) is 6.01. The number of aromatic carboxylic acids is 1. The molecule has 1 aliphatic carbocycles. The van der Waals surface area contributed by atoms with Crippen molar-refractivity contribution in [2.75, 3.05) is 5.32 Å². The number of hydrogen-bond acceptors (Lipinski definition) is 6. The molecule has 0 aliphatic heterocycles. The van der Waals surface area contributed by atoms with E-state index in [9.17, 15) is 23.9 Å². The lowest BCUT2D eigenvalue weighted by molar-refractivity contribution is -0.115. The molecular weight excluding hydrogens is 553 g/mol. The molecule has 0 bridgehead atoms. The van der Waals surface area contributed by atoms with E-state index < -0.39 is 17.7 Å². The molecule has 3 aromatic carbocycles. The van der Waals surface area contributed by atoms with Crippen molar-refractivity contribution in [3.63, 3.8) is 0 Å². The van der Waals surface area contributed by atoms with Crippen LogP contribution in [0.15, 0.2) is 91.1 Å². The fourth-order valence-electron chi connectivity index (χ4n) is 4.87. The number of nitrogens with zero attached hydrogens (tertiary/aromatic N) is 1. The van der Waals surface area contributed by atoms with Crippen molar-refractivity contribution in [3.05, 3.63) is 114 Å². The van der Waals surface area contributed by atoms with Crippen LogP contribution in [0, 0.1) is 5.82 Å². The molecule has 0 atom stereocenters. The van der Waals surface area contributed by atoms with Gasteiger partial charge in [-0.25, -0.2) is 14.2 Å². The molecule has 0 saturated heterocycles. The molecule has 5 rings (SSSR count). The number of carboxylic acids is 1. The second-order valence-corrected chi connectivity index (χ2v) is 10.2. The average Bonchev–Trinajstić information content (AvgIpc) is 3.00. The van der Waals surface area contributed by atoms with Gasteiger partial charge in [0.05, 0.1) is 29.3 Å². The van der Waals surface area contributed by atoms with Crippen LogP contribution in [0.1, 0.15) is 52.0 Å². The minimum atomic E-state index is -1.12. The van der Waals surface area contributed by atoms with Gasteiger partial charge in [0.2, 0.25) is 11.8 Å². The summed E-state index contributed by atoms with van der Waals surface area (Å²) in [6, 6.07) is 22.7. The summed E-state index contributed by atoms with van der Waals surface area (Å²) in [6.07, 6.45) is 4.58. The molecule has 0 spiro atoms. The van der Waals surface area contributed by atoms with Crippen molar-refractivity contribution < 1.29 is 33.4 Å². The third-order valence-electron chi connectivity index (χ3n) is 7.07. The number of halogens is 1. The molecule has 1 aliphatic rings. The van der Waals surface area contributed by atoms with Crippen molar-refractivity contribution in [3.8, 4) is 17.4 Å². The number of hydrogen-bond donors (Lipinski definition) is 3. The van der Waals surface area contributed by atoms with Crippen LogP contribution in [0.5, 0.6) is 17.4 Å². The molecule has 0 unspecified atom stereocenters. The molecule has 1 saturated carbocycles. The molecule has 2 amide bonds. The number of carbonyl (C=O) groups is 3. The van der Waals surface area contributed by atoms with Gasteiger partial charge in [-0.1, -0.05) is 30.3 Å². The maximum absolute atomic E-state index is 13.9. The summed E-state index contributed by atoms with van der Waals surface area (Å²) in [5, 5.41) is 14.8. The highest BCUT2D eigenvalue weighted by Gasteiger charge is 2.25. The topological polar surface area (TPSA) is 127 Å². The van der Waals surface area contributed by atoms with Crippen molar-refractivity contribution in [1.82, 2.24) is 10.3 Å². The van der Waals surface area contributed by atoms with Crippen LogP contribution >= 0.6 is 0 Å². The molecule has 1 fully saturated rings. The molecule has 9 nitrogen and oxygen atoms in total. The zero-order valence-electron chi connectivity index (χ0n) is 23.2. The van der Waals surface area contributed by atoms with Crippen LogP contribution in [0.3, 0.4) is 0 Å². The summed E-state index contributed by atoms with van der Waals surface area (Å²) in [6.45, 7) is 0. The number of pyridine rings is 1. The summed E-state index contributed by atoms with van der Waals surface area (Å²) in [5.41, 5.74) is 0.948. The number of carboxylic acid groups (broad SMARTS) is 1. The second kappa shape index (κ2) is 13.6. The van der Waals surface area contributed by atoms with E-state index in [1.54, 1.807) is 48.5 Å². The quantitative estimate of drug-likeness (QED) is 0.209. The summed E-state index contributed by atoms with van der Waals surface area (Å²) in [7, 11) is 0. The summed E-state index contributed by atoms with van der Waals surface area (Å²) < 4.78 is 25.8. The number of amides is 2. The number of rotatable bonds is 10. The fraction of sp³-hybridized carbons (Fsp3) is 0.212. The number of ether oxygens (including phenoxy) is 2. The Balaban J connectivity index is 1.06. The first-order valence-corrected chi connectivity index (χ1v) is 13.9. The summed E-state index contributed by atoms with van der Waals surface area (Å²) in [4.78, 5) is 40.4. The van der Waals surface area contributed by atoms with E-state index in [0.717, 1.165) is 25.7 Å². The molecule has 1 aromatic heterocycles. The van der Waals surface area contributed by atoms with Crippen LogP contribution < -0.4 is 20.1 Å². The number of aromatic nitrogens is 1. The van der Waals surface area contributed by atoms with E-state index in [0.29, 0.717) is 22.9 Å². The normalized spacial score (nSPS) is 16.1. The maximum Gasteiger partial charge on any atom is 0.337 e. The van der Waals surface area contributed by atoms with Gasteiger partial charge >= 0.3 is 5.97 Å². The van der Waals surface area contributed by atoms with Gasteiger partial charge in [-0.2, -0.15) is 0 Å². The molecule has 220 valence electrons. The highest BCUT2D eigenvalue weighted by Crippen LogP contribution is 2.27. The van der Waals surface area contributed by atoms with Gasteiger partial charge in [0.1, 0.15) is 17.3 Å². The highest BCUT2D eigenvalue weighted by molar-refractivity contribution is 6.01. The van der Waals surface area contributed by atoms with Crippen LogP contribution in [0.2, 0.25) is 0 Å². The Morgan fingerprint density at radius 1 is 0.837 bits per heavy atom. The van der Waals surface area contributed by atoms with Gasteiger partial charge in [-0.05, 0) is 79.8 Å². The molecule has 4 aromatic rings. The van der Waals surface area contributed by atoms with Crippen LogP contribution in [-0.2, 0) is 11.2 Å². The first-order chi connectivity index (χ1) is 20.8. The van der Waals surface area contributed by atoms with Crippen LogP contribution in [-0.4, -0.2) is 40.0 Å². The van der Waals surface area contributed by atoms with Crippen molar-refractivity contribution in [2.24, 2.45) is 0 Å². The molecule has 10 heteroatoms. The van der Waals surface area contributed by atoms with Crippen LogP contribution in [0.4, 0.5) is 10.1 Å². The number of anilines is 1. The Bertz CT molecular complexity index is 1590. The van der Waals surface area contributed by atoms with Gasteiger partial charge in [0, 0.05) is 18.3 Å². The number of benzene rings is 3. The monoisotopic (exact) mass is 583 g/mol. The Morgan fingerprint density at radius 2 is 1.51 bits per heavy atom. The van der Waals surface area contributed by atoms with Gasteiger partial charge in [-0.3, -0.25) is 9.59 Å². The SMILES string of the molecule is O=C(Cc1ccc(Oc2ccc(OC3CCC(NC(=O)c4ccccc4F)CC3)cc2)nc1)Nc1ccccc1C(=O)O. The Morgan fingerprint density at radius 3 is 2.19 bits per heavy atom. The molecular formula is C33H30FN3O6. The highest BCUT2D eigenvalue weighted by atomic mass is 19.1. The zero-order valence-corrected chi connectivity index (χ0v) is 23.2. The van der Waals surface area contributed by atoms with Gasteiger partial charge < -0.3 is 25.2 Å². The third-order valence-corrected chi connectivity index (χ3v) is 7.07. The van der Waals surface area contributed by atoms with Gasteiger partial charge in [-0.15, -0.1) is 0 Å². The Kier molecular flexibility index (Phi) is 9.26. The Hall–Kier alpha value is -5.25. The first-order valence-electron chi connectivity index (χ1n) is 13.9. The van der Waals surface area contributed by atoms with E-state index in [1.165, 1.54) is 30.5 Å². The first kappa shape index (κ1) is 29.2. The van der Waals surface area contributed by atoms with E-state index in [4.69, 9.17) is 9.47 Å². The summed E-state index contributed by atoms with van der Waals surface area (Å²) >= 11 is 0. The lowest BCUT2D eigenvalue weighted by Gasteiger charge is -2.29.